The molecule has 1 atom stereocenters. The molecule has 2 rings (SSSR count). The second-order valence-electron chi connectivity index (χ2n) is 7.12. The molecule has 1 aromatic rings. The van der Waals surface area contributed by atoms with Crippen molar-refractivity contribution >= 4 is 11.9 Å². The molecule has 1 aliphatic carbocycles. The summed E-state index contributed by atoms with van der Waals surface area (Å²) in [4.78, 5) is 27.0. The van der Waals surface area contributed by atoms with E-state index < -0.39 is 17.2 Å². The van der Waals surface area contributed by atoms with E-state index in [1.807, 2.05) is 32.0 Å². The number of ether oxygens (including phenoxy) is 2. The van der Waals surface area contributed by atoms with Crippen molar-refractivity contribution in [2.45, 2.75) is 45.8 Å². The van der Waals surface area contributed by atoms with Crippen molar-refractivity contribution in [3.05, 3.63) is 35.4 Å². The number of ketones is 1. The summed E-state index contributed by atoms with van der Waals surface area (Å²) in [5.41, 5.74) is -0.170. The number of carbonyl (C=O) groups excluding carboxylic acids is 2. The van der Waals surface area contributed by atoms with Crippen LogP contribution in [0, 0.1) is 5.92 Å². The van der Waals surface area contributed by atoms with Crippen molar-refractivity contribution in [2.24, 2.45) is 5.92 Å². The molecule has 23 heavy (non-hydrogen) atoms. The van der Waals surface area contributed by atoms with Gasteiger partial charge in [0.1, 0.15) is 17.9 Å². The maximum atomic E-state index is 12.9. The van der Waals surface area contributed by atoms with E-state index in [9.17, 15) is 9.59 Å². The molecule has 0 spiro atoms. The van der Waals surface area contributed by atoms with E-state index >= 15 is 0 Å². The molecule has 0 saturated carbocycles. The van der Waals surface area contributed by atoms with Crippen LogP contribution in [0.3, 0.4) is 0 Å². The number of methoxy groups -OCH3 is 1. The minimum atomic E-state index is -1.03. The van der Waals surface area contributed by atoms with Gasteiger partial charge < -0.3 is 9.47 Å². The molecule has 0 saturated heterocycles. The first-order valence-electron chi connectivity index (χ1n) is 7.80. The third-order valence-electron chi connectivity index (χ3n) is 4.06. The molecule has 0 radical (unpaired) electrons. The number of carbonyl (C=O) groups is 2. The van der Waals surface area contributed by atoms with Crippen molar-refractivity contribution in [1.29, 1.82) is 0 Å². The topological polar surface area (TPSA) is 55.8 Å². The predicted octanol–water partition coefficient (Wildman–Crippen LogP) is 3.58. The number of benzene rings is 1. The van der Waals surface area contributed by atoms with Gasteiger partial charge in [-0.05, 0) is 32.3 Å². The maximum absolute atomic E-state index is 12.9. The Bertz CT molecular complexity index is 618. The van der Waals surface area contributed by atoms with Gasteiger partial charge >= 0.3 is 6.09 Å². The summed E-state index contributed by atoms with van der Waals surface area (Å²) in [5.74, 6) is -0.168. The molecule has 0 bridgehead atoms. The first-order valence-corrected chi connectivity index (χ1v) is 7.80. The van der Waals surface area contributed by atoms with Crippen LogP contribution in [0.25, 0.3) is 0 Å². The summed E-state index contributed by atoms with van der Waals surface area (Å²) in [6.07, 6.45) is -0.545. The van der Waals surface area contributed by atoms with Gasteiger partial charge in [0.15, 0.2) is 5.78 Å². The van der Waals surface area contributed by atoms with Gasteiger partial charge in [-0.1, -0.05) is 38.1 Å². The maximum Gasteiger partial charge on any atom is 0.413 e. The van der Waals surface area contributed by atoms with E-state index in [0.29, 0.717) is 5.56 Å². The summed E-state index contributed by atoms with van der Waals surface area (Å²) in [6.45, 7) is 9.26. The predicted molar refractivity (Wildman–Crippen MR) is 87.2 cm³/mol. The molecule has 1 aromatic carbocycles. The summed E-state index contributed by atoms with van der Waals surface area (Å²) in [7, 11) is 1.50. The van der Waals surface area contributed by atoms with E-state index in [0.717, 1.165) is 5.56 Å². The van der Waals surface area contributed by atoms with Gasteiger partial charge in [-0.15, -0.1) is 0 Å². The SMILES string of the molecule is COCN(C(=O)OC(C)(C)C)[C@]1(C(C)C)C(=O)c2ccccc21. The largest absolute Gasteiger partial charge is 0.444 e. The van der Waals surface area contributed by atoms with Crippen molar-refractivity contribution in [3.63, 3.8) is 0 Å². The van der Waals surface area contributed by atoms with Crippen molar-refractivity contribution < 1.29 is 19.1 Å². The molecule has 5 nitrogen and oxygen atoms in total. The number of amides is 1. The second kappa shape index (κ2) is 5.96. The van der Waals surface area contributed by atoms with Crippen LogP contribution in [-0.4, -0.2) is 36.2 Å². The zero-order valence-corrected chi connectivity index (χ0v) is 14.7. The highest BCUT2D eigenvalue weighted by molar-refractivity contribution is 6.14. The smallest absolute Gasteiger partial charge is 0.413 e. The number of hydrogen-bond donors (Lipinski definition) is 0. The molecule has 126 valence electrons. The van der Waals surface area contributed by atoms with Crippen LogP contribution in [0.2, 0.25) is 0 Å². The van der Waals surface area contributed by atoms with E-state index in [1.165, 1.54) is 12.0 Å². The molecular weight excluding hydrogens is 294 g/mol. The lowest BCUT2D eigenvalue weighted by Crippen LogP contribution is -2.64. The van der Waals surface area contributed by atoms with E-state index in [-0.39, 0.29) is 18.4 Å². The number of rotatable bonds is 4. The van der Waals surface area contributed by atoms with Gasteiger partial charge in [0.25, 0.3) is 0 Å². The number of Topliss-reactive ketones (excluding diaryl/α,β-unsaturated/α-hetero) is 1. The van der Waals surface area contributed by atoms with Crippen molar-refractivity contribution in [3.8, 4) is 0 Å². The van der Waals surface area contributed by atoms with E-state index in [2.05, 4.69) is 0 Å². The van der Waals surface area contributed by atoms with Gasteiger partial charge in [0.05, 0.1) is 0 Å². The normalized spacial score (nSPS) is 20.0. The molecule has 0 aliphatic heterocycles. The molecule has 5 heteroatoms. The zero-order chi connectivity index (χ0) is 17.4. The summed E-state index contributed by atoms with van der Waals surface area (Å²) in [6, 6.07) is 7.39. The van der Waals surface area contributed by atoms with E-state index in [1.54, 1.807) is 26.8 Å². The first kappa shape index (κ1) is 17.5. The van der Waals surface area contributed by atoms with Crippen molar-refractivity contribution in [2.75, 3.05) is 13.8 Å². The van der Waals surface area contributed by atoms with Crippen LogP contribution < -0.4 is 0 Å². The Balaban J connectivity index is 2.51. The number of hydrogen-bond acceptors (Lipinski definition) is 4. The van der Waals surface area contributed by atoms with Crippen LogP contribution in [0.1, 0.15) is 50.5 Å². The third-order valence-corrected chi connectivity index (χ3v) is 4.06. The number of nitrogens with zero attached hydrogens (tertiary/aromatic N) is 1. The molecule has 0 N–H and O–H groups in total. The fourth-order valence-electron chi connectivity index (χ4n) is 3.18. The Morgan fingerprint density at radius 2 is 1.87 bits per heavy atom. The minimum Gasteiger partial charge on any atom is -0.444 e. The van der Waals surface area contributed by atoms with Crippen LogP contribution in [0.15, 0.2) is 24.3 Å². The summed E-state index contributed by atoms with van der Waals surface area (Å²) in [5, 5.41) is 0. The molecular formula is C18H25NO4. The standard InChI is InChI=1S/C18H25NO4/c1-12(2)18(14-10-8-7-9-13(14)15(18)20)19(11-22-6)16(21)23-17(3,4)5/h7-10,12H,11H2,1-6H3/t18-/m0/s1. The molecule has 1 aliphatic rings. The highest BCUT2D eigenvalue weighted by atomic mass is 16.6. The monoisotopic (exact) mass is 319 g/mol. The lowest BCUT2D eigenvalue weighted by Gasteiger charge is -2.51. The second-order valence-corrected chi connectivity index (χ2v) is 7.12. The fraction of sp³-hybridized carbons (Fsp3) is 0.556. The molecule has 0 aromatic heterocycles. The summed E-state index contributed by atoms with van der Waals surface area (Å²) >= 11 is 0. The van der Waals surface area contributed by atoms with Crippen LogP contribution >= 0.6 is 0 Å². The van der Waals surface area contributed by atoms with Gasteiger partial charge in [-0.2, -0.15) is 0 Å². The van der Waals surface area contributed by atoms with Gasteiger partial charge in [-0.3, -0.25) is 9.69 Å². The Morgan fingerprint density at radius 3 is 2.39 bits per heavy atom. The van der Waals surface area contributed by atoms with Gasteiger partial charge in [0.2, 0.25) is 0 Å². The first-order chi connectivity index (χ1) is 10.7. The molecule has 0 heterocycles. The van der Waals surface area contributed by atoms with Gasteiger partial charge in [0, 0.05) is 12.7 Å². The Morgan fingerprint density at radius 1 is 1.26 bits per heavy atom. The highest BCUT2D eigenvalue weighted by Gasteiger charge is 2.59. The molecule has 0 unspecified atom stereocenters. The van der Waals surface area contributed by atoms with E-state index in [4.69, 9.17) is 9.47 Å². The third kappa shape index (κ3) is 2.74. The quantitative estimate of drug-likeness (QED) is 0.796. The fourth-order valence-corrected chi connectivity index (χ4v) is 3.18. The average molecular weight is 319 g/mol. The molecule has 1 amide bonds. The van der Waals surface area contributed by atoms with Crippen LogP contribution in [0.4, 0.5) is 4.79 Å². The van der Waals surface area contributed by atoms with Gasteiger partial charge in [-0.25, -0.2) is 4.79 Å². The Kier molecular flexibility index (Phi) is 4.53. The van der Waals surface area contributed by atoms with Crippen molar-refractivity contribution in [1.82, 2.24) is 4.90 Å². The molecule has 0 fully saturated rings. The lowest BCUT2D eigenvalue weighted by molar-refractivity contribution is -0.0548. The van der Waals surface area contributed by atoms with Crippen LogP contribution in [0.5, 0.6) is 0 Å². The average Bonchev–Trinajstić information content (AvgIpc) is 2.44. The van der Waals surface area contributed by atoms with Crippen LogP contribution in [-0.2, 0) is 15.0 Å². The Hall–Kier alpha value is -1.88. The minimum absolute atomic E-state index is 0.00678. The highest BCUT2D eigenvalue weighted by Crippen LogP contribution is 2.49. The number of fused-ring (bicyclic) bond motifs is 1. The Labute approximate surface area is 137 Å². The lowest BCUT2D eigenvalue weighted by atomic mass is 9.62. The summed E-state index contributed by atoms with van der Waals surface area (Å²) < 4.78 is 10.7. The zero-order valence-electron chi connectivity index (χ0n) is 14.7.